The molecule has 4 heteroatoms. The average Bonchev–Trinajstić information content (AvgIpc) is 2.83. The maximum atomic E-state index is 11.8. The topological polar surface area (TPSA) is 41.5 Å². The van der Waals surface area contributed by atoms with Gasteiger partial charge >= 0.3 is 0 Å². The van der Waals surface area contributed by atoms with Crippen molar-refractivity contribution in [3.8, 4) is 0 Å². The molecule has 1 heterocycles. The lowest BCUT2D eigenvalue weighted by molar-refractivity contribution is 0.0949. The van der Waals surface area contributed by atoms with Gasteiger partial charge in [0, 0.05) is 17.9 Å². The molecule has 1 unspecified atom stereocenters. The van der Waals surface area contributed by atoms with Gasteiger partial charge in [0.1, 0.15) is 0 Å². The van der Waals surface area contributed by atoms with Gasteiger partial charge in [-0.25, -0.2) is 0 Å². The number of amides is 1. The average molecular weight is 234 g/mol. The summed E-state index contributed by atoms with van der Waals surface area (Å²) in [6.07, 6.45) is 0. The van der Waals surface area contributed by atoms with E-state index in [0.717, 1.165) is 17.3 Å². The minimum absolute atomic E-state index is 0.0141. The molecule has 1 aromatic rings. The Morgan fingerprint density at radius 2 is 2.19 bits per heavy atom. The fourth-order valence-electron chi connectivity index (χ4n) is 1.54. The first-order chi connectivity index (χ1) is 7.77. The molecule has 0 spiro atoms. The summed E-state index contributed by atoms with van der Waals surface area (Å²) in [6.45, 7) is 2.84. The number of hydrogen-bond acceptors (Lipinski definition) is 3. The van der Waals surface area contributed by atoms with Gasteiger partial charge in [-0.05, 0) is 19.1 Å². The highest BCUT2D eigenvalue weighted by molar-refractivity contribution is 8.14. The van der Waals surface area contributed by atoms with Crippen LogP contribution in [0.1, 0.15) is 17.3 Å². The normalized spacial score (nSPS) is 16.7. The molecule has 3 nitrogen and oxygen atoms in total. The van der Waals surface area contributed by atoms with Gasteiger partial charge < -0.3 is 5.32 Å². The lowest BCUT2D eigenvalue weighted by Crippen LogP contribution is -2.36. The summed E-state index contributed by atoms with van der Waals surface area (Å²) in [5.74, 6) is 0.990. The van der Waals surface area contributed by atoms with E-state index in [1.807, 2.05) is 37.3 Å². The molecule has 0 aromatic heterocycles. The van der Waals surface area contributed by atoms with E-state index in [4.69, 9.17) is 0 Å². The van der Waals surface area contributed by atoms with Crippen molar-refractivity contribution >= 4 is 22.7 Å². The molecule has 1 aliphatic heterocycles. The molecule has 1 aliphatic rings. The Labute approximate surface area is 99.3 Å². The van der Waals surface area contributed by atoms with Crippen molar-refractivity contribution < 1.29 is 4.79 Å². The van der Waals surface area contributed by atoms with Crippen molar-refractivity contribution in [2.75, 3.05) is 12.3 Å². The Morgan fingerprint density at radius 1 is 1.44 bits per heavy atom. The molecule has 0 bridgehead atoms. The molecule has 0 saturated carbocycles. The molecular formula is C12H14N2OS. The van der Waals surface area contributed by atoms with E-state index in [0.29, 0.717) is 5.56 Å². The van der Waals surface area contributed by atoms with Crippen molar-refractivity contribution in [3.05, 3.63) is 35.9 Å². The van der Waals surface area contributed by atoms with Crippen LogP contribution in [-0.4, -0.2) is 29.3 Å². The Bertz CT molecular complexity index is 403. The van der Waals surface area contributed by atoms with Gasteiger partial charge in [-0.1, -0.05) is 18.2 Å². The predicted octanol–water partition coefficient (Wildman–Crippen LogP) is 1.95. The van der Waals surface area contributed by atoms with Crippen LogP contribution < -0.4 is 5.32 Å². The van der Waals surface area contributed by atoms with Crippen molar-refractivity contribution in [2.45, 2.75) is 13.0 Å². The lowest BCUT2D eigenvalue weighted by atomic mass is 10.2. The largest absolute Gasteiger partial charge is 0.343 e. The molecule has 16 heavy (non-hydrogen) atoms. The van der Waals surface area contributed by atoms with Crippen molar-refractivity contribution in [2.24, 2.45) is 4.99 Å². The number of nitrogens with one attached hydrogen (secondary N) is 1. The van der Waals surface area contributed by atoms with Crippen LogP contribution >= 0.6 is 11.8 Å². The third-order valence-corrected chi connectivity index (χ3v) is 3.53. The monoisotopic (exact) mass is 234 g/mol. The molecule has 1 atom stereocenters. The van der Waals surface area contributed by atoms with E-state index in [1.165, 1.54) is 0 Å². The minimum Gasteiger partial charge on any atom is -0.343 e. The van der Waals surface area contributed by atoms with Gasteiger partial charge in [0.05, 0.1) is 11.1 Å². The summed E-state index contributed by atoms with van der Waals surface area (Å²) in [5, 5.41) is 3.98. The summed E-state index contributed by atoms with van der Waals surface area (Å²) in [7, 11) is 0. The fraction of sp³-hybridized carbons (Fsp3) is 0.333. The molecule has 0 radical (unpaired) electrons. The van der Waals surface area contributed by atoms with Crippen LogP contribution in [0.25, 0.3) is 0 Å². The summed E-state index contributed by atoms with van der Waals surface area (Å²) in [5.41, 5.74) is 0.693. The van der Waals surface area contributed by atoms with Crippen LogP contribution in [0.15, 0.2) is 35.3 Å². The second-order valence-corrected chi connectivity index (χ2v) is 4.74. The predicted molar refractivity (Wildman–Crippen MR) is 68.1 cm³/mol. The Kier molecular flexibility index (Phi) is 3.62. The quantitative estimate of drug-likeness (QED) is 0.868. The SMILES string of the molecule is CC(NC(=O)c1ccccc1)C1=NCCS1. The number of carbonyl (C=O) groups excluding carboxylic acids is 1. The molecule has 84 valence electrons. The lowest BCUT2D eigenvalue weighted by Gasteiger charge is -2.13. The molecule has 0 aliphatic carbocycles. The zero-order valence-electron chi connectivity index (χ0n) is 9.14. The van der Waals surface area contributed by atoms with Gasteiger partial charge in [-0.15, -0.1) is 11.8 Å². The molecular weight excluding hydrogens is 220 g/mol. The third-order valence-electron chi connectivity index (χ3n) is 2.36. The van der Waals surface area contributed by atoms with Crippen LogP contribution in [-0.2, 0) is 0 Å². The van der Waals surface area contributed by atoms with E-state index < -0.39 is 0 Å². The molecule has 1 amide bonds. The first-order valence-corrected chi connectivity index (χ1v) is 6.29. The standard InChI is InChI=1S/C12H14N2OS/c1-9(12-13-7-8-16-12)14-11(15)10-5-3-2-4-6-10/h2-6,9H,7-8H2,1H3,(H,14,15). The first kappa shape index (κ1) is 11.2. The zero-order valence-corrected chi connectivity index (χ0v) is 9.96. The molecule has 1 aromatic carbocycles. The Balaban J connectivity index is 1.97. The highest BCUT2D eigenvalue weighted by atomic mass is 32.2. The number of nitrogens with zero attached hydrogens (tertiary/aromatic N) is 1. The van der Waals surface area contributed by atoms with Crippen molar-refractivity contribution in [1.29, 1.82) is 0 Å². The number of thioether (sulfide) groups is 1. The Hall–Kier alpha value is -1.29. The summed E-state index contributed by atoms with van der Waals surface area (Å²) in [4.78, 5) is 16.2. The van der Waals surface area contributed by atoms with Gasteiger partial charge in [0.15, 0.2) is 0 Å². The molecule has 0 saturated heterocycles. The second kappa shape index (κ2) is 5.16. The number of hydrogen-bond donors (Lipinski definition) is 1. The van der Waals surface area contributed by atoms with Crippen LogP contribution in [0.5, 0.6) is 0 Å². The summed E-state index contributed by atoms with van der Waals surface area (Å²) >= 11 is 1.72. The first-order valence-electron chi connectivity index (χ1n) is 5.30. The maximum Gasteiger partial charge on any atom is 0.251 e. The zero-order chi connectivity index (χ0) is 11.4. The number of aliphatic imine (C=N–C) groups is 1. The van der Waals surface area contributed by atoms with Gasteiger partial charge in [-0.2, -0.15) is 0 Å². The van der Waals surface area contributed by atoms with Crippen LogP contribution in [0.3, 0.4) is 0 Å². The van der Waals surface area contributed by atoms with Crippen molar-refractivity contribution in [3.63, 3.8) is 0 Å². The minimum atomic E-state index is -0.0386. The van der Waals surface area contributed by atoms with Gasteiger partial charge in [0.2, 0.25) is 0 Å². The highest BCUT2D eigenvalue weighted by Crippen LogP contribution is 2.14. The number of benzene rings is 1. The van der Waals surface area contributed by atoms with E-state index in [1.54, 1.807) is 11.8 Å². The Morgan fingerprint density at radius 3 is 2.81 bits per heavy atom. The summed E-state index contributed by atoms with van der Waals surface area (Å²) < 4.78 is 0. The van der Waals surface area contributed by atoms with E-state index >= 15 is 0 Å². The molecule has 2 rings (SSSR count). The number of carbonyl (C=O) groups is 1. The smallest absolute Gasteiger partial charge is 0.251 e. The highest BCUT2D eigenvalue weighted by Gasteiger charge is 2.17. The second-order valence-electron chi connectivity index (χ2n) is 3.63. The molecule has 0 fully saturated rings. The maximum absolute atomic E-state index is 11.8. The van der Waals surface area contributed by atoms with E-state index in [2.05, 4.69) is 10.3 Å². The van der Waals surface area contributed by atoms with E-state index in [9.17, 15) is 4.79 Å². The van der Waals surface area contributed by atoms with Gasteiger partial charge in [-0.3, -0.25) is 9.79 Å². The van der Waals surface area contributed by atoms with Gasteiger partial charge in [0.25, 0.3) is 5.91 Å². The number of rotatable bonds is 3. The van der Waals surface area contributed by atoms with Crippen molar-refractivity contribution in [1.82, 2.24) is 5.32 Å². The van der Waals surface area contributed by atoms with Crippen LogP contribution in [0.2, 0.25) is 0 Å². The van der Waals surface area contributed by atoms with Crippen LogP contribution in [0.4, 0.5) is 0 Å². The fourth-order valence-corrected chi connectivity index (χ4v) is 2.43. The third kappa shape index (κ3) is 2.64. The van der Waals surface area contributed by atoms with E-state index in [-0.39, 0.29) is 11.9 Å². The van der Waals surface area contributed by atoms with Crippen LogP contribution in [0, 0.1) is 0 Å². The molecule has 1 N–H and O–H groups in total. The summed E-state index contributed by atoms with van der Waals surface area (Å²) in [6, 6.07) is 9.26.